The van der Waals surface area contributed by atoms with E-state index in [0.29, 0.717) is 11.7 Å². The Kier molecular flexibility index (Phi) is 1.80. The summed E-state index contributed by atoms with van der Waals surface area (Å²) in [6, 6.07) is 0. The summed E-state index contributed by atoms with van der Waals surface area (Å²) in [5.74, 6) is 1.08. The van der Waals surface area contributed by atoms with Crippen LogP contribution in [0, 0.1) is 5.92 Å². The number of allylic oxidation sites excluding steroid dienone is 2. The first-order valence-corrected chi connectivity index (χ1v) is 4.61. The molecule has 0 spiro atoms. The summed E-state index contributed by atoms with van der Waals surface area (Å²) in [5, 5.41) is 0. The number of ketones is 1. The number of Topliss-reactive ketones (excluding diaryl/α,β-unsaturated/α-hetero) is 1. The Morgan fingerprint density at radius 2 is 2.18 bits per heavy atom. The van der Waals surface area contributed by atoms with Gasteiger partial charge in [0.05, 0.1) is 0 Å². The number of hydrogen-bond donors (Lipinski definition) is 0. The van der Waals surface area contributed by atoms with Gasteiger partial charge in [-0.25, -0.2) is 0 Å². The summed E-state index contributed by atoms with van der Waals surface area (Å²) >= 11 is 0. The predicted octanol–water partition coefficient (Wildman–Crippen LogP) is 2.47. The molecule has 0 aromatic carbocycles. The third kappa shape index (κ3) is 1.24. The maximum atomic E-state index is 11.4. The van der Waals surface area contributed by atoms with E-state index in [0.717, 1.165) is 19.3 Å². The Bertz CT molecular complexity index is 203. The smallest absolute Gasteiger partial charge is 0.158 e. The van der Waals surface area contributed by atoms with Gasteiger partial charge in [0.25, 0.3) is 0 Å². The van der Waals surface area contributed by atoms with Crippen LogP contribution in [0.1, 0.15) is 38.5 Å². The zero-order valence-corrected chi connectivity index (χ0v) is 6.81. The van der Waals surface area contributed by atoms with Gasteiger partial charge in [0.1, 0.15) is 0 Å². The van der Waals surface area contributed by atoms with Crippen molar-refractivity contribution in [2.24, 2.45) is 5.92 Å². The van der Waals surface area contributed by atoms with E-state index >= 15 is 0 Å². The van der Waals surface area contributed by atoms with Gasteiger partial charge in [-0.3, -0.25) is 4.79 Å². The molecule has 0 aliphatic heterocycles. The Morgan fingerprint density at radius 1 is 1.27 bits per heavy atom. The summed E-state index contributed by atoms with van der Waals surface area (Å²) < 4.78 is 0. The van der Waals surface area contributed by atoms with Crippen LogP contribution in [-0.2, 0) is 4.79 Å². The number of rotatable bonds is 0. The molecule has 0 aromatic heterocycles. The average molecular weight is 150 g/mol. The highest BCUT2D eigenvalue weighted by Crippen LogP contribution is 2.34. The zero-order chi connectivity index (χ0) is 7.68. The lowest BCUT2D eigenvalue weighted by molar-refractivity contribution is -0.115. The predicted molar refractivity (Wildman–Crippen MR) is 44.3 cm³/mol. The SMILES string of the molecule is O=C1CCCCC2CCC=C12. The third-order valence-electron chi connectivity index (χ3n) is 2.85. The molecule has 11 heavy (non-hydrogen) atoms. The Morgan fingerprint density at radius 3 is 3.09 bits per heavy atom. The normalized spacial score (nSPS) is 31.1. The molecule has 0 aromatic rings. The second-order valence-corrected chi connectivity index (χ2v) is 3.60. The summed E-state index contributed by atoms with van der Waals surface area (Å²) in [6.07, 6.45) is 8.99. The van der Waals surface area contributed by atoms with Crippen molar-refractivity contribution < 1.29 is 4.79 Å². The lowest BCUT2D eigenvalue weighted by Crippen LogP contribution is -2.05. The fraction of sp³-hybridized carbons (Fsp3) is 0.700. The molecular weight excluding hydrogens is 136 g/mol. The van der Waals surface area contributed by atoms with E-state index in [2.05, 4.69) is 6.08 Å². The molecule has 1 nitrogen and oxygen atoms in total. The molecule has 0 amide bonds. The fourth-order valence-electron chi connectivity index (χ4n) is 2.22. The second-order valence-electron chi connectivity index (χ2n) is 3.60. The molecule has 1 saturated carbocycles. The van der Waals surface area contributed by atoms with E-state index < -0.39 is 0 Å². The molecule has 0 heterocycles. The van der Waals surface area contributed by atoms with Crippen LogP contribution in [0.3, 0.4) is 0 Å². The lowest BCUT2D eigenvalue weighted by atomic mass is 9.96. The van der Waals surface area contributed by atoms with E-state index in [1.807, 2.05) is 0 Å². The molecule has 1 unspecified atom stereocenters. The molecule has 1 heteroatoms. The average Bonchev–Trinajstić information content (AvgIpc) is 2.40. The molecule has 1 atom stereocenters. The first-order chi connectivity index (χ1) is 5.38. The van der Waals surface area contributed by atoms with Crippen molar-refractivity contribution in [1.82, 2.24) is 0 Å². The maximum absolute atomic E-state index is 11.4. The van der Waals surface area contributed by atoms with Gasteiger partial charge < -0.3 is 0 Å². The van der Waals surface area contributed by atoms with Crippen LogP contribution in [-0.4, -0.2) is 5.78 Å². The molecular formula is C10H14O. The monoisotopic (exact) mass is 150 g/mol. The van der Waals surface area contributed by atoms with Crippen LogP contribution in [0.25, 0.3) is 0 Å². The van der Waals surface area contributed by atoms with E-state index in [1.165, 1.54) is 24.8 Å². The largest absolute Gasteiger partial charge is 0.295 e. The molecule has 0 bridgehead atoms. The van der Waals surface area contributed by atoms with Gasteiger partial charge in [0.2, 0.25) is 0 Å². The Balaban J connectivity index is 2.20. The van der Waals surface area contributed by atoms with Crippen molar-refractivity contribution in [2.45, 2.75) is 38.5 Å². The highest BCUT2D eigenvalue weighted by molar-refractivity contribution is 5.96. The standard InChI is InChI=1S/C10H14O/c11-10-7-2-1-4-8-5-3-6-9(8)10/h6,8H,1-5,7H2. The number of fused-ring (bicyclic) bond motifs is 1. The molecule has 60 valence electrons. The van der Waals surface area contributed by atoms with Crippen molar-refractivity contribution in [2.75, 3.05) is 0 Å². The summed E-state index contributed by atoms with van der Waals surface area (Å²) in [5.41, 5.74) is 1.17. The van der Waals surface area contributed by atoms with Gasteiger partial charge in [-0.2, -0.15) is 0 Å². The maximum Gasteiger partial charge on any atom is 0.158 e. The lowest BCUT2D eigenvalue weighted by Gasteiger charge is -2.07. The van der Waals surface area contributed by atoms with Crippen molar-refractivity contribution in [1.29, 1.82) is 0 Å². The molecule has 2 rings (SSSR count). The van der Waals surface area contributed by atoms with Gasteiger partial charge in [-0.05, 0) is 37.2 Å². The van der Waals surface area contributed by atoms with Crippen LogP contribution in [0.15, 0.2) is 11.6 Å². The molecule has 1 fully saturated rings. The minimum atomic E-state index is 0.435. The number of carbonyl (C=O) groups is 1. The summed E-state index contributed by atoms with van der Waals surface area (Å²) in [4.78, 5) is 11.4. The van der Waals surface area contributed by atoms with Gasteiger partial charge in [-0.1, -0.05) is 12.5 Å². The number of hydrogen-bond acceptors (Lipinski definition) is 1. The highest BCUT2D eigenvalue weighted by Gasteiger charge is 2.26. The van der Waals surface area contributed by atoms with Gasteiger partial charge in [0, 0.05) is 6.42 Å². The van der Waals surface area contributed by atoms with Crippen molar-refractivity contribution in [3.05, 3.63) is 11.6 Å². The topological polar surface area (TPSA) is 17.1 Å². The summed E-state index contributed by atoms with van der Waals surface area (Å²) in [6.45, 7) is 0. The third-order valence-corrected chi connectivity index (χ3v) is 2.85. The van der Waals surface area contributed by atoms with Crippen molar-refractivity contribution in [3.63, 3.8) is 0 Å². The molecule has 2 aliphatic carbocycles. The molecule has 0 N–H and O–H groups in total. The second kappa shape index (κ2) is 2.80. The molecule has 0 saturated heterocycles. The van der Waals surface area contributed by atoms with Gasteiger partial charge >= 0.3 is 0 Å². The minimum Gasteiger partial charge on any atom is -0.295 e. The van der Waals surface area contributed by atoms with E-state index in [4.69, 9.17) is 0 Å². The van der Waals surface area contributed by atoms with Crippen LogP contribution in [0.5, 0.6) is 0 Å². The zero-order valence-electron chi connectivity index (χ0n) is 6.81. The Labute approximate surface area is 67.5 Å². The first kappa shape index (κ1) is 7.08. The molecule has 2 aliphatic rings. The highest BCUT2D eigenvalue weighted by atomic mass is 16.1. The van der Waals surface area contributed by atoms with Gasteiger partial charge in [-0.15, -0.1) is 0 Å². The minimum absolute atomic E-state index is 0.435. The summed E-state index contributed by atoms with van der Waals surface area (Å²) in [7, 11) is 0. The quantitative estimate of drug-likeness (QED) is 0.518. The number of carbonyl (C=O) groups excluding carboxylic acids is 1. The van der Waals surface area contributed by atoms with Crippen molar-refractivity contribution >= 4 is 5.78 Å². The van der Waals surface area contributed by atoms with E-state index in [9.17, 15) is 4.79 Å². The van der Waals surface area contributed by atoms with Crippen LogP contribution in [0.4, 0.5) is 0 Å². The van der Waals surface area contributed by atoms with Crippen LogP contribution in [0.2, 0.25) is 0 Å². The van der Waals surface area contributed by atoms with Crippen LogP contribution >= 0.6 is 0 Å². The van der Waals surface area contributed by atoms with E-state index in [-0.39, 0.29) is 0 Å². The fourth-order valence-corrected chi connectivity index (χ4v) is 2.22. The van der Waals surface area contributed by atoms with Crippen LogP contribution < -0.4 is 0 Å². The Hall–Kier alpha value is -0.590. The van der Waals surface area contributed by atoms with E-state index in [1.54, 1.807) is 0 Å². The van der Waals surface area contributed by atoms with Crippen molar-refractivity contribution in [3.8, 4) is 0 Å². The first-order valence-electron chi connectivity index (χ1n) is 4.61. The molecule has 0 radical (unpaired) electrons. The van der Waals surface area contributed by atoms with Gasteiger partial charge in [0.15, 0.2) is 5.78 Å².